The topological polar surface area (TPSA) is 43.8 Å². The first-order valence-corrected chi connectivity index (χ1v) is 3.84. The molecule has 10 heavy (non-hydrogen) atoms. The highest BCUT2D eigenvalue weighted by Gasteiger charge is 1.99. The number of nitrogen functional groups attached to an aromatic ring is 1. The third kappa shape index (κ3) is 1.26. The molecular weight excluding hydrogens is 146 g/mol. The van der Waals surface area contributed by atoms with E-state index in [-0.39, 0.29) is 0 Å². The van der Waals surface area contributed by atoms with Gasteiger partial charge in [-0.25, -0.2) is 0 Å². The van der Waals surface area contributed by atoms with Crippen LogP contribution >= 0.6 is 12.6 Å². The van der Waals surface area contributed by atoms with Gasteiger partial charge < -0.3 is 5.73 Å². The molecule has 0 unspecified atom stereocenters. The van der Waals surface area contributed by atoms with Crippen LogP contribution in [0, 0.1) is 0 Å². The molecule has 1 aromatic rings. The van der Waals surface area contributed by atoms with Gasteiger partial charge in [0.2, 0.25) is 0 Å². The predicted octanol–water partition coefficient (Wildman–Crippen LogP) is 0.915. The Kier molecular flexibility index (Phi) is 2.21. The Bertz CT molecular complexity index is 219. The Labute approximate surface area is 65.6 Å². The van der Waals surface area contributed by atoms with E-state index in [4.69, 9.17) is 5.73 Å². The average molecular weight is 157 g/mol. The zero-order chi connectivity index (χ0) is 7.56. The second kappa shape index (κ2) is 2.96. The van der Waals surface area contributed by atoms with Crippen molar-refractivity contribution in [3.05, 3.63) is 11.8 Å². The van der Waals surface area contributed by atoms with Gasteiger partial charge in [-0.15, -0.1) is 0 Å². The highest BCUT2D eigenvalue weighted by Crippen LogP contribution is 2.07. The molecule has 1 aromatic heterocycles. The highest BCUT2D eigenvalue weighted by molar-refractivity contribution is 7.79. The smallest absolute Gasteiger partial charge is 0.121 e. The van der Waals surface area contributed by atoms with Crippen molar-refractivity contribution in [3.63, 3.8) is 0 Å². The molecule has 0 atom stereocenters. The lowest BCUT2D eigenvalue weighted by Gasteiger charge is -1.95. The summed E-state index contributed by atoms with van der Waals surface area (Å²) in [5, 5.41) is 4.16. The second-order valence-electron chi connectivity index (χ2n) is 2.03. The van der Waals surface area contributed by atoms with Gasteiger partial charge in [-0.3, -0.25) is 4.68 Å². The van der Waals surface area contributed by atoms with E-state index in [2.05, 4.69) is 17.7 Å². The Balaban J connectivity index is 2.92. The number of rotatable bonds is 2. The molecule has 2 N–H and O–H groups in total. The fourth-order valence-electron chi connectivity index (χ4n) is 0.817. The summed E-state index contributed by atoms with van der Waals surface area (Å²) in [5.41, 5.74) is 6.53. The van der Waals surface area contributed by atoms with Crippen molar-refractivity contribution in [1.29, 1.82) is 0 Å². The van der Waals surface area contributed by atoms with Crippen LogP contribution in [0.4, 0.5) is 5.82 Å². The number of aromatic nitrogens is 2. The third-order valence-electron chi connectivity index (χ3n) is 1.32. The molecule has 4 heteroatoms. The molecule has 0 aromatic carbocycles. The minimum atomic E-state index is 0.650. The maximum atomic E-state index is 5.59. The van der Waals surface area contributed by atoms with Gasteiger partial charge in [0.1, 0.15) is 5.82 Å². The summed E-state index contributed by atoms with van der Waals surface area (Å²) in [5.74, 6) is 1.36. The number of nitrogens with zero attached hydrogens (tertiary/aromatic N) is 2. The molecule has 0 aliphatic heterocycles. The first kappa shape index (κ1) is 7.47. The van der Waals surface area contributed by atoms with Gasteiger partial charge in [-0.1, -0.05) is 0 Å². The molecule has 1 heterocycles. The SMILES string of the molecule is CCn1nc(CS)cc1N. The predicted molar refractivity (Wildman–Crippen MR) is 45.0 cm³/mol. The van der Waals surface area contributed by atoms with Crippen LogP contribution in [0.1, 0.15) is 12.6 Å². The Morgan fingerprint density at radius 2 is 2.50 bits per heavy atom. The van der Waals surface area contributed by atoms with Gasteiger partial charge in [-0.05, 0) is 6.92 Å². The van der Waals surface area contributed by atoms with Crippen molar-refractivity contribution >= 4 is 18.4 Å². The zero-order valence-corrected chi connectivity index (χ0v) is 6.80. The van der Waals surface area contributed by atoms with E-state index in [1.165, 1.54) is 0 Å². The van der Waals surface area contributed by atoms with Gasteiger partial charge in [0, 0.05) is 18.4 Å². The summed E-state index contributed by atoms with van der Waals surface area (Å²) < 4.78 is 1.76. The first-order valence-electron chi connectivity index (χ1n) is 3.21. The number of aryl methyl sites for hydroxylation is 1. The molecule has 0 fully saturated rings. The fraction of sp³-hybridized carbons (Fsp3) is 0.500. The molecule has 0 spiro atoms. The van der Waals surface area contributed by atoms with Crippen LogP contribution in [-0.2, 0) is 12.3 Å². The molecule has 0 amide bonds. The number of hydrogen-bond acceptors (Lipinski definition) is 3. The van der Waals surface area contributed by atoms with E-state index in [1.54, 1.807) is 4.68 Å². The summed E-state index contributed by atoms with van der Waals surface area (Å²) in [6.45, 7) is 2.82. The summed E-state index contributed by atoms with van der Waals surface area (Å²) in [4.78, 5) is 0. The summed E-state index contributed by atoms with van der Waals surface area (Å²) in [6.07, 6.45) is 0. The summed E-state index contributed by atoms with van der Waals surface area (Å²) in [6, 6.07) is 1.84. The van der Waals surface area contributed by atoms with E-state index >= 15 is 0 Å². The summed E-state index contributed by atoms with van der Waals surface area (Å²) >= 11 is 4.08. The van der Waals surface area contributed by atoms with Gasteiger partial charge in [0.05, 0.1) is 5.69 Å². The lowest BCUT2D eigenvalue weighted by Crippen LogP contribution is -2.01. The zero-order valence-electron chi connectivity index (χ0n) is 5.91. The van der Waals surface area contributed by atoms with Crippen LogP contribution in [0.5, 0.6) is 0 Å². The van der Waals surface area contributed by atoms with Crippen LogP contribution in [0.2, 0.25) is 0 Å². The number of hydrogen-bond donors (Lipinski definition) is 2. The standard InChI is InChI=1S/C6H11N3S/c1-2-9-6(7)3-5(4-10)8-9/h3,10H,2,4,7H2,1H3. The minimum Gasteiger partial charge on any atom is -0.384 e. The van der Waals surface area contributed by atoms with E-state index in [1.807, 2.05) is 13.0 Å². The van der Waals surface area contributed by atoms with Gasteiger partial charge in [0.15, 0.2) is 0 Å². The molecule has 0 aliphatic rings. The monoisotopic (exact) mass is 157 g/mol. The lowest BCUT2D eigenvalue weighted by molar-refractivity contribution is 0.662. The van der Waals surface area contributed by atoms with E-state index in [9.17, 15) is 0 Å². The largest absolute Gasteiger partial charge is 0.384 e. The molecule has 0 bridgehead atoms. The molecule has 3 nitrogen and oxygen atoms in total. The van der Waals surface area contributed by atoms with Crippen LogP contribution in [-0.4, -0.2) is 9.78 Å². The quantitative estimate of drug-likeness (QED) is 0.627. The number of anilines is 1. The molecular formula is C6H11N3S. The van der Waals surface area contributed by atoms with Crippen LogP contribution in [0.25, 0.3) is 0 Å². The van der Waals surface area contributed by atoms with Crippen molar-refractivity contribution in [3.8, 4) is 0 Å². The van der Waals surface area contributed by atoms with Crippen molar-refractivity contribution in [2.75, 3.05) is 5.73 Å². The van der Waals surface area contributed by atoms with Gasteiger partial charge >= 0.3 is 0 Å². The van der Waals surface area contributed by atoms with Crippen molar-refractivity contribution in [1.82, 2.24) is 9.78 Å². The van der Waals surface area contributed by atoms with Crippen LogP contribution < -0.4 is 5.73 Å². The van der Waals surface area contributed by atoms with E-state index in [0.29, 0.717) is 11.6 Å². The molecule has 0 saturated heterocycles. The van der Waals surface area contributed by atoms with E-state index < -0.39 is 0 Å². The Morgan fingerprint density at radius 1 is 1.80 bits per heavy atom. The Hall–Kier alpha value is -0.640. The fourth-order valence-corrected chi connectivity index (χ4v) is 0.972. The normalized spacial score (nSPS) is 10.2. The third-order valence-corrected chi connectivity index (χ3v) is 1.65. The Morgan fingerprint density at radius 3 is 2.80 bits per heavy atom. The lowest BCUT2D eigenvalue weighted by atomic mass is 10.5. The van der Waals surface area contributed by atoms with Gasteiger partial charge in [-0.2, -0.15) is 17.7 Å². The first-order chi connectivity index (χ1) is 4.77. The van der Waals surface area contributed by atoms with E-state index in [0.717, 1.165) is 12.2 Å². The van der Waals surface area contributed by atoms with Crippen molar-refractivity contribution in [2.24, 2.45) is 0 Å². The van der Waals surface area contributed by atoms with Crippen LogP contribution in [0.15, 0.2) is 6.07 Å². The average Bonchev–Trinajstić information content (AvgIpc) is 2.30. The molecule has 0 radical (unpaired) electrons. The van der Waals surface area contributed by atoms with Crippen molar-refractivity contribution in [2.45, 2.75) is 19.2 Å². The van der Waals surface area contributed by atoms with Crippen LogP contribution in [0.3, 0.4) is 0 Å². The second-order valence-corrected chi connectivity index (χ2v) is 2.35. The highest BCUT2D eigenvalue weighted by atomic mass is 32.1. The van der Waals surface area contributed by atoms with Gasteiger partial charge in [0.25, 0.3) is 0 Å². The molecule has 0 aliphatic carbocycles. The summed E-state index contributed by atoms with van der Waals surface area (Å²) in [7, 11) is 0. The molecule has 1 rings (SSSR count). The maximum Gasteiger partial charge on any atom is 0.121 e. The van der Waals surface area contributed by atoms with Crippen molar-refractivity contribution < 1.29 is 0 Å². The molecule has 0 saturated carbocycles. The molecule has 56 valence electrons. The number of thiol groups is 1. The number of nitrogens with two attached hydrogens (primary N) is 1. The minimum absolute atomic E-state index is 0.650. The maximum absolute atomic E-state index is 5.59.